The average molecular weight is 315 g/mol. The van der Waals surface area contributed by atoms with Gasteiger partial charge in [-0.25, -0.2) is 0 Å². The standard InChI is InChI=1S/C17H21N3O3/c1-3-22-16(21)11-20(14-8-9-14)10-15-18-19-17(23-15)13-6-4-12(2)5-7-13/h4-7,14H,3,8-11H2,1-2H3. The maximum Gasteiger partial charge on any atom is 0.320 e. The van der Waals surface area contributed by atoms with Gasteiger partial charge in [0.05, 0.1) is 19.7 Å². The van der Waals surface area contributed by atoms with Crippen molar-refractivity contribution in [1.82, 2.24) is 15.1 Å². The molecule has 1 heterocycles. The highest BCUT2D eigenvalue weighted by Gasteiger charge is 2.31. The highest BCUT2D eigenvalue weighted by Crippen LogP contribution is 2.28. The Bertz CT molecular complexity index is 662. The molecule has 2 aromatic rings. The summed E-state index contributed by atoms with van der Waals surface area (Å²) in [6, 6.07) is 8.36. The summed E-state index contributed by atoms with van der Waals surface area (Å²) in [5, 5.41) is 8.21. The van der Waals surface area contributed by atoms with Gasteiger partial charge in [0, 0.05) is 11.6 Å². The topological polar surface area (TPSA) is 68.5 Å². The van der Waals surface area contributed by atoms with E-state index in [2.05, 4.69) is 10.2 Å². The van der Waals surface area contributed by atoms with Gasteiger partial charge < -0.3 is 9.15 Å². The Morgan fingerprint density at radius 3 is 2.70 bits per heavy atom. The second-order valence-corrected chi connectivity index (χ2v) is 5.81. The van der Waals surface area contributed by atoms with E-state index in [4.69, 9.17) is 9.15 Å². The number of esters is 1. The highest BCUT2D eigenvalue weighted by atomic mass is 16.5. The van der Waals surface area contributed by atoms with Crippen LogP contribution in [-0.4, -0.2) is 40.3 Å². The molecule has 0 bridgehead atoms. The molecule has 1 saturated carbocycles. The maximum atomic E-state index is 11.7. The maximum absolute atomic E-state index is 11.7. The lowest BCUT2D eigenvalue weighted by Crippen LogP contribution is -2.32. The second-order valence-electron chi connectivity index (χ2n) is 5.81. The van der Waals surface area contributed by atoms with Gasteiger partial charge >= 0.3 is 5.97 Å². The lowest BCUT2D eigenvalue weighted by molar-refractivity contribution is -0.144. The van der Waals surface area contributed by atoms with Crippen LogP contribution >= 0.6 is 0 Å². The second kappa shape index (κ2) is 6.91. The lowest BCUT2D eigenvalue weighted by atomic mass is 10.1. The predicted octanol–water partition coefficient (Wildman–Crippen LogP) is 2.57. The minimum Gasteiger partial charge on any atom is -0.465 e. The van der Waals surface area contributed by atoms with Crippen molar-refractivity contribution in [2.24, 2.45) is 0 Å². The van der Waals surface area contributed by atoms with Crippen LogP contribution in [0.3, 0.4) is 0 Å². The number of aryl methyl sites for hydroxylation is 1. The van der Waals surface area contributed by atoms with Gasteiger partial charge in [0.25, 0.3) is 0 Å². The summed E-state index contributed by atoms with van der Waals surface area (Å²) < 4.78 is 10.8. The number of carbonyl (C=O) groups excluding carboxylic acids is 1. The lowest BCUT2D eigenvalue weighted by Gasteiger charge is -2.18. The normalized spacial score (nSPS) is 14.2. The number of ether oxygens (including phenoxy) is 1. The fourth-order valence-corrected chi connectivity index (χ4v) is 2.43. The Morgan fingerprint density at radius 2 is 2.04 bits per heavy atom. The first-order valence-corrected chi connectivity index (χ1v) is 7.95. The molecule has 0 aliphatic heterocycles. The molecule has 1 aliphatic rings. The van der Waals surface area contributed by atoms with Crippen LogP contribution in [0.15, 0.2) is 28.7 Å². The number of aromatic nitrogens is 2. The number of hydrogen-bond acceptors (Lipinski definition) is 6. The van der Waals surface area contributed by atoms with Crippen molar-refractivity contribution in [3.8, 4) is 11.5 Å². The molecule has 1 aliphatic carbocycles. The average Bonchev–Trinajstić information content (AvgIpc) is 3.28. The van der Waals surface area contributed by atoms with Gasteiger partial charge in [-0.15, -0.1) is 10.2 Å². The molecular weight excluding hydrogens is 294 g/mol. The van der Waals surface area contributed by atoms with Crippen LogP contribution in [0, 0.1) is 6.92 Å². The van der Waals surface area contributed by atoms with Gasteiger partial charge in [-0.05, 0) is 38.8 Å². The quantitative estimate of drug-likeness (QED) is 0.732. The third-order valence-electron chi connectivity index (χ3n) is 3.80. The third kappa shape index (κ3) is 4.16. The zero-order valence-electron chi connectivity index (χ0n) is 13.5. The number of hydrogen-bond donors (Lipinski definition) is 0. The Balaban J connectivity index is 1.66. The molecular formula is C17H21N3O3. The van der Waals surface area contributed by atoms with Crippen molar-refractivity contribution in [2.45, 2.75) is 39.3 Å². The molecule has 122 valence electrons. The molecule has 0 N–H and O–H groups in total. The van der Waals surface area contributed by atoms with E-state index in [9.17, 15) is 4.79 Å². The van der Waals surface area contributed by atoms with Crippen LogP contribution in [-0.2, 0) is 16.1 Å². The largest absolute Gasteiger partial charge is 0.465 e. The van der Waals surface area contributed by atoms with Crippen molar-refractivity contribution in [3.63, 3.8) is 0 Å². The van der Waals surface area contributed by atoms with E-state index < -0.39 is 0 Å². The summed E-state index contributed by atoms with van der Waals surface area (Å²) in [4.78, 5) is 13.8. The van der Waals surface area contributed by atoms with Crippen LogP contribution in [0.2, 0.25) is 0 Å². The van der Waals surface area contributed by atoms with E-state index in [1.807, 2.05) is 43.0 Å². The van der Waals surface area contributed by atoms with Crippen LogP contribution in [0.4, 0.5) is 0 Å². The number of benzene rings is 1. The van der Waals surface area contributed by atoms with Crippen LogP contribution < -0.4 is 0 Å². The molecule has 0 unspecified atom stereocenters. The Morgan fingerprint density at radius 1 is 1.30 bits per heavy atom. The number of nitrogens with zero attached hydrogens (tertiary/aromatic N) is 3. The van der Waals surface area contributed by atoms with E-state index in [0.29, 0.717) is 31.0 Å². The summed E-state index contributed by atoms with van der Waals surface area (Å²) in [7, 11) is 0. The molecule has 0 spiro atoms. The zero-order valence-corrected chi connectivity index (χ0v) is 13.5. The van der Waals surface area contributed by atoms with E-state index >= 15 is 0 Å². The molecule has 1 aromatic heterocycles. The summed E-state index contributed by atoms with van der Waals surface area (Å²) in [6.45, 7) is 4.98. The third-order valence-corrected chi connectivity index (χ3v) is 3.80. The summed E-state index contributed by atoms with van der Waals surface area (Å²) in [6.07, 6.45) is 2.19. The van der Waals surface area contributed by atoms with E-state index in [0.717, 1.165) is 18.4 Å². The smallest absolute Gasteiger partial charge is 0.320 e. The molecule has 0 atom stereocenters. The molecule has 1 fully saturated rings. The molecule has 23 heavy (non-hydrogen) atoms. The first-order valence-electron chi connectivity index (χ1n) is 7.95. The van der Waals surface area contributed by atoms with Crippen molar-refractivity contribution in [1.29, 1.82) is 0 Å². The van der Waals surface area contributed by atoms with Crippen LogP contribution in [0.1, 0.15) is 31.2 Å². The van der Waals surface area contributed by atoms with E-state index in [1.165, 1.54) is 5.56 Å². The Labute approximate surface area is 135 Å². The Kier molecular flexibility index (Phi) is 4.71. The fourth-order valence-electron chi connectivity index (χ4n) is 2.43. The molecule has 0 saturated heterocycles. The van der Waals surface area contributed by atoms with E-state index in [-0.39, 0.29) is 12.5 Å². The number of carbonyl (C=O) groups is 1. The van der Waals surface area contributed by atoms with Gasteiger partial charge in [-0.3, -0.25) is 9.69 Å². The van der Waals surface area contributed by atoms with Crippen LogP contribution in [0.25, 0.3) is 11.5 Å². The minimum absolute atomic E-state index is 0.210. The summed E-state index contributed by atoms with van der Waals surface area (Å²) in [5.41, 5.74) is 2.08. The monoisotopic (exact) mass is 315 g/mol. The molecule has 6 nitrogen and oxygen atoms in total. The van der Waals surface area contributed by atoms with E-state index in [1.54, 1.807) is 0 Å². The van der Waals surface area contributed by atoms with Gasteiger partial charge in [-0.2, -0.15) is 0 Å². The van der Waals surface area contributed by atoms with Crippen molar-refractivity contribution < 1.29 is 13.9 Å². The van der Waals surface area contributed by atoms with Gasteiger partial charge in [0.15, 0.2) is 0 Å². The first-order chi connectivity index (χ1) is 11.2. The first kappa shape index (κ1) is 15.7. The van der Waals surface area contributed by atoms with Crippen molar-refractivity contribution in [2.75, 3.05) is 13.2 Å². The van der Waals surface area contributed by atoms with Gasteiger partial charge in [0.1, 0.15) is 0 Å². The zero-order chi connectivity index (χ0) is 16.2. The van der Waals surface area contributed by atoms with Crippen molar-refractivity contribution >= 4 is 5.97 Å². The molecule has 0 radical (unpaired) electrons. The van der Waals surface area contributed by atoms with Crippen molar-refractivity contribution in [3.05, 3.63) is 35.7 Å². The molecule has 3 rings (SSSR count). The van der Waals surface area contributed by atoms with Gasteiger partial charge in [-0.1, -0.05) is 17.7 Å². The highest BCUT2D eigenvalue weighted by molar-refractivity contribution is 5.71. The number of rotatable bonds is 7. The summed E-state index contributed by atoms with van der Waals surface area (Å²) in [5.74, 6) is 0.821. The van der Waals surface area contributed by atoms with Gasteiger partial charge in [0.2, 0.25) is 11.8 Å². The molecule has 0 amide bonds. The predicted molar refractivity (Wildman–Crippen MR) is 84.5 cm³/mol. The molecule has 1 aromatic carbocycles. The Hall–Kier alpha value is -2.21. The SMILES string of the molecule is CCOC(=O)CN(Cc1nnc(-c2ccc(C)cc2)o1)C1CC1. The van der Waals surface area contributed by atoms with Crippen LogP contribution in [0.5, 0.6) is 0 Å². The summed E-state index contributed by atoms with van der Waals surface area (Å²) >= 11 is 0. The fraction of sp³-hybridized carbons (Fsp3) is 0.471. The molecule has 6 heteroatoms. The minimum atomic E-state index is -0.210.